The summed E-state index contributed by atoms with van der Waals surface area (Å²) in [6.07, 6.45) is 3.78. The van der Waals surface area contributed by atoms with Gasteiger partial charge in [-0.1, -0.05) is 6.07 Å². The molecule has 1 unspecified atom stereocenters. The smallest absolute Gasteiger partial charge is 0.150 e. The van der Waals surface area contributed by atoms with Crippen molar-refractivity contribution in [3.8, 4) is 0 Å². The maximum absolute atomic E-state index is 11.7. The molecule has 0 aromatic carbocycles. The van der Waals surface area contributed by atoms with Crippen LogP contribution in [0, 0.1) is 0 Å². The third-order valence-electron chi connectivity index (χ3n) is 2.65. The average Bonchev–Trinajstić information content (AvgIpc) is 2.87. The molecule has 2 nitrogen and oxygen atoms in total. The molecule has 0 aliphatic carbocycles. The molecule has 0 spiro atoms. The van der Waals surface area contributed by atoms with E-state index in [0.717, 1.165) is 25.8 Å². The number of hydrogen-bond donors (Lipinski definition) is 1. The lowest BCUT2D eigenvalue weighted by Crippen LogP contribution is -2.30. The molecule has 2 rings (SSSR count). The molecule has 0 radical (unpaired) electrons. The fourth-order valence-corrected chi connectivity index (χ4v) is 2.54. The highest BCUT2D eigenvalue weighted by atomic mass is 32.1. The molecule has 1 fully saturated rings. The van der Waals surface area contributed by atoms with Crippen LogP contribution in [0.25, 0.3) is 0 Å². The SMILES string of the molecule is O=C(CCc1cccs1)C1CCCN1. The molecule has 1 aromatic heterocycles. The number of rotatable bonds is 4. The normalized spacial score (nSPS) is 21.3. The molecule has 3 heteroatoms. The molecule has 76 valence electrons. The van der Waals surface area contributed by atoms with Crippen molar-refractivity contribution in [2.24, 2.45) is 0 Å². The first-order valence-corrected chi connectivity index (χ1v) is 6.03. The molecular weight excluding hydrogens is 194 g/mol. The Morgan fingerprint density at radius 1 is 1.64 bits per heavy atom. The van der Waals surface area contributed by atoms with Crippen LogP contribution in [0.3, 0.4) is 0 Å². The summed E-state index contributed by atoms with van der Waals surface area (Å²) in [4.78, 5) is 13.0. The molecule has 14 heavy (non-hydrogen) atoms. The second-order valence-electron chi connectivity index (χ2n) is 3.69. The highest BCUT2D eigenvalue weighted by Crippen LogP contribution is 2.14. The van der Waals surface area contributed by atoms with E-state index >= 15 is 0 Å². The number of ketones is 1. The molecule has 0 amide bonds. The minimum atomic E-state index is 0.148. The van der Waals surface area contributed by atoms with Crippen LogP contribution in [0.15, 0.2) is 17.5 Å². The van der Waals surface area contributed by atoms with E-state index in [2.05, 4.69) is 16.8 Å². The van der Waals surface area contributed by atoms with Crippen LogP contribution in [-0.4, -0.2) is 18.4 Å². The van der Waals surface area contributed by atoms with E-state index in [1.165, 1.54) is 4.88 Å². The van der Waals surface area contributed by atoms with Gasteiger partial charge in [-0.3, -0.25) is 4.79 Å². The summed E-state index contributed by atoms with van der Waals surface area (Å²) < 4.78 is 0. The first kappa shape index (κ1) is 9.87. The van der Waals surface area contributed by atoms with E-state index in [1.54, 1.807) is 11.3 Å². The van der Waals surface area contributed by atoms with Gasteiger partial charge in [0.15, 0.2) is 0 Å². The second kappa shape index (κ2) is 4.71. The number of thiophene rings is 1. The zero-order chi connectivity index (χ0) is 9.80. The van der Waals surface area contributed by atoms with Crippen molar-refractivity contribution in [3.63, 3.8) is 0 Å². The van der Waals surface area contributed by atoms with Gasteiger partial charge in [-0.25, -0.2) is 0 Å². The van der Waals surface area contributed by atoms with Gasteiger partial charge in [0.1, 0.15) is 5.78 Å². The van der Waals surface area contributed by atoms with E-state index < -0.39 is 0 Å². The summed E-state index contributed by atoms with van der Waals surface area (Å²) in [5.74, 6) is 0.385. The lowest BCUT2D eigenvalue weighted by molar-refractivity contribution is -0.120. The van der Waals surface area contributed by atoms with Crippen LogP contribution in [0.4, 0.5) is 0 Å². The van der Waals surface area contributed by atoms with Gasteiger partial charge in [-0.2, -0.15) is 0 Å². The standard InChI is InChI=1S/C11H15NOS/c13-11(10-4-1-7-12-10)6-5-9-3-2-8-14-9/h2-3,8,10,12H,1,4-7H2. The van der Waals surface area contributed by atoms with Crippen molar-refractivity contribution in [1.29, 1.82) is 0 Å². The van der Waals surface area contributed by atoms with Crippen molar-refractivity contribution in [3.05, 3.63) is 22.4 Å². The molecule has 1 aliphatic rings. The predicted molar refractivity (Wildman–Crippen MR) is 58.7 cm³/mol. The van der Waals surface area contributed by atoms with Gasteiger partial charge < -0.3 is 5.32 Å². The number of hydrogen-bond acceptors (Lipinski definition) is 3. The van der Waals surface area contributed by atoms with Crippen LogP contribution in [-0.2, 0) is 11.2 Å². The molecule has 1 atom stereocenters. The summed E-state index contributed by atoms with van der Waals surface area (Å²) in [6, 6.07) is 4.29. The average molecular weight is 209 g/mol. The van der Waals surface area contributed by atoms with Crippen molar-refractivity contribution < 1.29 is 4.79 Å². The van der Waals surface area contributed by atoms with Gasteiger partial charge in [0.2, 0.25) is 0 Å². The minimum Gasteiger partial charge on any atom is -0.307 e. The maximum atomic E-state index is 11.7. The summed E-state index contributed by atoms with van der Waals surface area (Å²) in [5.41, 5.74) is 0. The first-order chi connectivity index (χ1) is 6.86. The van der Waals surface area contributed by atoms with Crippen LogP contribution in [0.5, 0.6) is 0 Å². The van der Waals surface area contributed by atoms with Gasteiger partial charge in [0, 0.05) is 11.3 Å². The van der Waals surface area contributed by atoms with Crippen LogP contribution in [0.1, 0.15) is 24.1 Å². The fourth-order valence-electron chi connectivity index (χ4n) is 1.83. The maximum Gasteiger partial charge on any atom is 0.150 e. The van der Waals surface area contributed by atoms with E-state index in [0.29, 0.717) is 12.2 Å². The predicted octanol–water partition coefficient (Wildman–Crippen LogP) is 2.00. The van der Waals surface area contributed by atoms with Crippen LogP contribution < -0.4 is 5.32 Å². The zero-order valence-corrected chi connectivity index (χ0v) is 8.98. The molecule has 1 saturated heterocycles. The Labute approximate surface area is 88.3 Å². The Morgan fingerprint density at radius 2 is 2.57 bits per heavy atom. The largest absolute Gasteiger partial charge is 0.307 e. The van der Waals surface area contributed by atoms with Crippen LogP contribution in [0.2, 0.25) is 0 Å². The van der Waals surface area contributed by atoms with E-state index in [4.69, 9.17) is 0 Å². The second-order valence-corrected chi connectivity index (χ2v) is 4.73. The number of nitrogens with one attached hydrogen (secondary N) is 1. The lowest BCUT2D eigenvalue weighted by atomic mass is 10.1. The highest BCUT2D eigenvalue weighted by molar-refractivity contribution is 7.09. The molecule has 1 aliphatic heterocycles. The number of carbonyl (C=O) groups is 1. The monoisotopic (exact) mass is 209 g/mol. The van der Waals surface area contributed by atoms with Crippen molar-refractivity contribution in [1.82, 2.24) is 5.32 Å². The van der Waals surface area contributed by atoms with Gasteiger partial charge >= 0.3 is 0 Å². The Morgan fingerprint density at radius 3 is 3.21 bits per heavy atom. The Kier molecular flexibility index (Phi) is 3.32. The van der Waals surface area contributed by atoms with Gasteiger partial charge in [-0.05, 0) is 37.3 Å². The Balaban J connectivity index is 1.77. The number of aryl methyl sites for hydroxylation is 1. The molecular formula is C11H15NOS. The quantitative estimate of drug-likeness (QED) is 0.821. The Hall–Kier alpha value is -0.670. The van der Waals surface area contributed by atoms with E-state index in [1.807, 2.05) is 6.07 Å². The molecule has 2 heterocycles. The van der Waals surface area contributed by atoms with Crippen LogP contribution >= 0.6 is 11.3 Å². The summed E-state index contributed by atoms with van der Waals surface area (Å²) in [6.45, 7) is 1.01. The van der Waals surface area contributed by atoms with Crippen molar-refractivity contribution in [2.45, 2.75) is 31.7 Å². The Bertz CT molecular complexity index is 288. The van der Waals surface area contributed by atoms with Gasteiger partial charge in [-0.15, -0.1) is 11.3 Å². The van der Waals surface area contributed by atoms with Crippen molar-refractivity contribution in [2.75, 3.05) is 6.54 Å². The third kappa shape index (κ3) is 2.42. The van der Waals surface area contributed by atoms with Crippen molar-refractivity contribution >= 4 is 17.1 Å². The minimum absolute atomic E-state index is 0.148. The van der Waals surface area contributed by atoms with E-state index in [-0.39, 0.29) is 6.04 Å². The first-order valence-electron chi connectivity index (χ1n) is 5.15. The molecule has 1 N–H and O–H groups in total. The molecule has 0 saturated carbocycles. The fraction of sp³-hybridized carbons (Fsp3) is 0.545. The summed E-state index contributed by atoms with van der Waals surface area (Å²) in [5, 5.41) is 5.30. The van der Waals surface area contributed by atoms with Gasteiger partial charge in [0.25, 0.3) is 0 Å². The van der Waals surface area contributed by atoms with Gasteiger partial charge in [0.05, 0.1) is 6.04 Å². The number of Topliss-reactive ketones (excluding diaryl/α,β-unsaturated/α-hetero) is 1. The highest BCUT2D eigenvalue weighted by Gasteiger charge is 2.21. The number of carbonyl (C=O) groups excluding carboxylic acids is 1. The zero-order valence-electron chi connectivity index (χ0n) is 8.16. The molecule has 0 bridgehead atoms. The van der Waals surface area contributed by atoms with E-state index in [9.17, 15) is 4.79 Å². The topological polar surface area (TPSA) is 29.1 Å². The lowest BCUT2D eigenvalue weighted by Gasteiger charge is -2.07. The third-order valence-corrected chi connectivity index (χ3v) is 3.58. The summed E-state index contributed by atoms with van der Waals surface area (Å²) >= 11 is 1.73. The molecule has 1 aromatic rings. The summed E-state index contributed by atoms with van der Waals surface area (Å²) in [7, 11) is 0.